The number of Topliss-reactive ketones (excluding diaryl/α,β-unsaturated/α-hetero) is 1. The van der Waals surface area contributed by atoms with Gasteiger partial charge >= 0.3 is 5.69 Å². The molecule has 0 radical (unpaired) electrons. The van der Waals surface area contributed by atoms with Gasteiger partial charge < -0.3 is 10.8 Å². The van der Waals surface area contributed by atoms with Gasteiger partial charge in [-0.2, -0.15) is 0 Å². The zero-order valence-corrected chi connectivity index (χ0v) is 18.3. The zero-order valence-electron chi connectivity index (χ0n) is 18.3. The van der Waals surface area contributed by atoms with Crippen LogP contribution in [0.1, 0.15) is 33.9 Å². The standard InChI is InChI=1S/C24H28N4O4/c1-26-22(25)20(23(31)27(2)24(26)32)19(30)16-28(14-9-15-29)21(17-10-5-3-6-11-17)18-12-7-4-8-13-18/h3-8,10-13,21,29H,9,14-16,25H2,1-2H3. The summed E-state index contributed by atoms with van der Waals surface area (Å²) in [6.07, 6.45) is 0.449. The molecule has 1 aromatic heterocycles. The van der Waals surface area contributed by atoms with Gasteiger partial charge in [0.2, 0.25) is 0 Å². The highest BCUT2D eigenvalue weighted by atomic mass is 16.3. The molecule has 0 saturated heterocycles. The van der Waals surface area contributed by atoms with Crippen molar-refractivity contribution in [1.29, 1.82) is 0 Å². The van der Waals surface area contributed by atoms with Crippen LogP contribution in [-0.4, -0.2) is 44.6 Å². The van der Waals surface area contributed by atoms with Crippen LogP contribution >= 0.6 is 0 Å². The lowest BCUT2D eigenvalue weighted by Gasteiger charge is -2.32. The van der Waals surface area contributed by atoms with Crippen molar-refractivity contribution in [3.63, 3.8) is 0 Å². The highest BCUT2D eigenvalue weighted by molar-refractivity contribution is 6.01. The number of hydrogen-bond acceptors (Lipinski definition) is 6. The number of aliphatic hydroxyl groups excluding tert-OH is 1. The first-order valence-corrected chi connectivity index (χ1v) is 10.4. The van der Waals surface area contributed by atoms with E-state index < -0.39 is 17.0 Å². The minimum absolute atomic E-state index is 0.0370. The molecule has 168 valence electrons. The molecule has 3 aromatic rings. The fraction of sp³-hybridized carbons (Fsp3) is 0.292. The second-order valence-corrected chi connectivity index (χ2v) is 7.66. The van der Waals surface area contributed by atoms with E-state index >= 15 is 0 Å². The summed E-state index contributed by atoms with van der Waals surface area (Å²) in [7, 11) is 2.75. The van der Waals surface area contributed by atoms with Gasteiger partial charge in [0.25, 0.3) is 5.56 Å². The van der Waals surface area contributed by atoms with Gasteiger partial charge in [-0.05, 0) is 17.5 Å². The fourth-order valence-corrected chi connectivity index (χ4v) is 3.84. The van der Waals surface area contributed by atoms with Crippen LogP contribution in [0.3, 0.4) is 0 Å². The molecule has 0 amide bonds. The summed E-state index contributed by atoms with van der Waals surface area (Å²) in [6, 6.07) is 19.2. The summed E-state index contributed by atoms with van der Waals surface area (Å²) < 4.78 is 1.98. The van der Waals surface area contributed by atoms with E-state index in [0.717, 1.165) is 20.3 Å². The molecule has 1 heterocycles. The second kappa shape index (κ2) is 10.2. The number of benzene rings is 2. The molecule has 0 saturated carbocycles. The van der Waals surface area contributed by atoms with E-state index in [4.69, 9.17) is 5.73 Å². The average molecular weight is 437 g/mol. The van der Waals surface area contributed by atoms with Crippen molar-refractivity contribution in [1.82, 2.24) is 14.0 Å². The van der Waals surface area contributed by atoms with E-state index in [2.05, 4.69) is 0 Å². The van der Waals surface area contributed by atoms with Crippen molar-refractivity contribution in [3.05, 3.63) is 98.2 Å². The molecular weight excluding hydrogens is 408 g/mol. The topological polar surface area (TPSA) is 111 Å². The molecule has 0 aliphatic rings. The molecule has 0 atom stereocenters. The summed E-state index contributed by atoms with van der Waals surface area (Å²) in [5.74, 6) is -0.630. The van der Waals surface area contributed by atoms with Crippen molar-refractivity contribution >= 4 is 11.6 Å². The Balaban J connectivity index is 2.07. The molecule has 0 aliphatic heterocycles. The molecule has 0 unspecified atom stereocenters. The maximum Gasteiger partial charge on any atom is 0.332 e. The quantitative estimate of drug-likeness (QED) is 0.490. The molecule has 2 aromatic carbocycles. The summed E-state index contributed by atoms with van der Waals surface area (Å²) >= 11 is 0. The first kappa shape index (κ1) is 23.2. The number of ketones is 1. The molecular formula is C24H28N4O4. The highest BCUT2D eigenvalue weighted by Crippen LogP contribution is 2.29. The largest absolute Gasteiger partial charge is 0.396 e. The predicted octanol–water partition coefficient (Wildman–Crippen LogP) is 1.32. The Morgan fingerprint density at radius 3 is 2.00 bits per heavy atom. The molecule has 0 aliphatic carbocycles. The number of hydrogen-bond donors (Lipinski definition) is 2. The number of nitrogens with two attached hydrogens (primary N) is 1. The third-order valence-corrected chi connectivity index (χ3v) is 5.53. The van der Waals surface area contributed by atoms with Gasteiger partial charge in [-0.25, -0.2) is 4.79 Å². The number of rotatable bonds is 9. The Hall–Kier alpha value is -3.49. The number of aliphatic hydroxyl groups is 1. The van der Waals surface area contributed by atoms with E-state index in [1.807, 2.05) is 65.6 Å². The molecule has 3 N–H and O–H groups in total. The minimum atomic E-state index is -0.714. The van der Waals surface area contributed by atoms with Crippen LogP contribution in [0, 0.1) is 0 Å². The Morgan fingerprint density at radius 1 is 0.969 bits per heavy atom. The SMILES string of the molecule is Cn1c(N)c(C(=O)CN(CCCO)C(c2ccccc2)c2ccccc2)c(=O)n(C)c1=O. The summed E-state index contributed by atoms with van der Waals surface area (Å²) in [5.41, 5.74) is 6.44. The Morgan fingerprint density at radius 2 is 1.50 bits per heavy atom. The smallest absolute Gasteiger partial charge is 0.332 e. The first-order chi connectivity index (χ1) is 15.4. The van der Waals surface area contributed by atoms with Crippen molar-refractivity contribution in [2.45, 2.75) is 12.5 Å². The maximum absolute atomic E-state index is 13.3. The number of carbonyl (C=O) groups excluding carboxylic acids is 1. The first-order valence-electron chi connectivity index (χ1n) is 10.4. The lowest BCUT2D eigenvalue weighted by molar-refractivity contribution is 0.0896. The Labute approximate surface area is 186 Å². The lowest BCUT2D eigenvalue weighted by atomic mass is 9.96. The van der Waals surface area contributed by atoms with Crippen LogP contribution in [0.25, 0.3) is 0 Å². The van der Waals surface area contributed by atoms with Crippen LogP contribution < -0.4 is 17.0 Å². The lowest BCUT2D eigenvalue weighted by Crippen LogP contribution is -2.44. The summed E-state index contributed by atoms with van der Waals surface area (Å²) in [4.78, 5) is 40.1. The molecule has 0 bridgehead atoms. The van der Waals surface area contributed by atoms with E-state index in [-0.39, 0.29) is 30.6 Å². The number of anilines is 1. The summed E-state index contributed by atoms with van der Waals surface area (Å²) in [5, 5.41) is 9.46. The Kier molecular flexibility index (Phi) is 7.40. The van der Waals surface area contributed by atoms with Crippen molar-refractivity contribution in [2.75, 3.05) is 25.4 Å². The number of carbonyl (C=O) groups is 1. The van der Waals surface area contributed by atoms with Crippen molar-refractivity contribution in [2.24, 2.45) is 14.1 Å². The molecule has 3 rings (SSSR count). The minimum Gasteiger partial charge on any atom is -0.396 e. The molecule has 0 spiro atoms. The van der Waals surface area contributed by atoms with Crippen LogP contribution in [0.4, 0.5) is 5.82 Å². The predicted molar refractivity (Wildman–Crippen MR) is 124 cm³/mol. The van der Waals surface area contributed by atoms with Gasteiger partial charge in [-0.1, -0.05) is 60.7 Å². The zero-order chi connectivity index (χ0) is 23.3. The van der Waals surface area contributed by atoms with Crippen LogP contribution in [0.5, 0.6) is 0 Å². The van der Waals surface area contributed by atoms with E-state index in [1.165, 1.54) is 14.1 Å². The maximum atomic E-state index is 13.3. The molecule has 8 nitrogen and oxygen atoms in total. The van der Waals surface area contributed by atoms with Crippen LogP contribution in [-0.2, 0) is 14.1 Å². The van der Waals surface area contributed by atoms with Gasteiger partial charge in [-0.3, -0.25) is 23.6 Å². The molecule has 0 fully saturated rings. The van der Waals surface area contributed by atoms with Gasteiger partial charge in [0.15, 0.2) is 5.78 Å². The second-order valence-electron chi connectivity index (χ2n) is 7.66. The normalized spacial score (nSPS) is 11.3. The third-order valence-electron chi connectivity index (χ3n) is 5.53. The van der Waals surface area contributed by atoms with E-state index in [1.54, 1.807) is 0 Å². The van der Waals surface area contributed by atoms with Gasteiger partial charge in [0, 0.05) is 27.2 Å². The van der Waals surface area contributed by atoms with Gasteiger partial charge in [0.05, 0.1) is 12.6 Å². The van der Waals surface area contributed by atoms with Crippen molar-refractivity contribution in [3.8, 4) is 0 Å². The third kappa shape index (κ3) is 4.71. The van der Waals surface area contributed by atoms with Gasteiger partial charge in [-0.15, -0.1) is 0 Å². The van der Waals surface area contributed by atoms with E-state index in [9.17, 15) is 19.5 Å². The van der Waals surface area contributed by atoms with E-state index in [0.29, 0.717) is 13.0 Å². The fourth-order valence-electron chi connectivity index (χ4n) is 3.84. The van der Waals surface area contributed by atoms with Crippen molar-refractivity contribution < 1.29 is 9.90 Å². The van der Waals surface area contributed by atoms with Crippen LogP contribution in [0.15, 0.2) is 70.3 Å². The molecule has 8 heteroatoms. The monoisotopic (exact) mass is 436 g/mol. The average Bonchev–Trinajstić information content (AvgIpc) is 2.81. The number of nitrogen functional groups attached to an aromatic ring is 1. The molecule has 32 heavy (non-hydrogen) atoms. The number of aromatic nitrogens is 2. The Bertz CT molecular complexity index is 1150. The highest BCUT2D eigenvalue weighted by Gasteiger charge is 2.27. The number of nitrogens with zero attached hydrogens (tertiary/aromatic N) is 3. The van der Waals surface area contributed by atoms with Crippen LogP contribution in [0.2, 0.25) is 0 Å². The van der Waals surface area contributed by atoms with Gasteiger partial charge in [0.1, 0.15) is 11.4 Å². The summed E-state index contributed by atoms with van der Waals surface area (Å²) in [6.45, 7) is 0.277.